The molecule has 142 valence electrons. The van der Waals surface area contributed by atoms with Gasteiger partial charge in [0.05, 0.1) is 5.39 Å². The molecular weight excluding hydrogens is 366 g/mol. The highest BCUT2D eigenvalue weighted by Gasteiger charge is 2.18. The fourth-order valence-corrected chi connectivity index (χ4v) is 3.07. The zero-order valence-corrected chi connectivity index (χ0v) is 15.1. The van der Waals surface area contributed by atoms with Gasteiger partial charge < -0.3 is 15.0 Å². The van der Waals surface area contributed by atoms with Gasteiger partial charge in [0, 0.05) is 49.4 Å². The lowest BCUT2D eigenvalue weighted by molar-refractivity contribution is 0.439. The molecule has 0 amide bonds. The predicted octanol–water partition coefficient (Wildman–Crippen LogP) is 3.59. The summed E-state index contributed by atoms with van der Waals surface area (Å²) in [6.07, 6.45) is 3.26. The Morgan fingerprint density at radius 2 is 1.75 bits per heavy atom. The molecule has 0 radical (unpaired) electrons. The Balaban J connectivity index is 1.94. The number of benzene rings is 2. The minimum atomic E-state index is -0.828. The van der Waals surface area contributed by atoms with E-state index in [1.807, 2.05) is 0 Å². The molecule has 0 bridgehead atoms. The molecule has 0 atom stereocenters. The van der Waals surface area contributed by atoms with Crippen molar-refractivity contribution in [1.82, 2.24) is 14.3 Å². The lowest BCUT2D eigenvalue weighted by Gasteiger charge is -2.14. The molecule has 0 saturated carbocycles. The number of hydrogen-bond acceptors (Lipinski definition) is 4. The van der Waals surface area contributed by atoms with Crippen molar-refractivity contribution < 1.29 is 13.5 Å². The molecule has 28 heavy (non-hydrogen) atoms. The first kappa shape index (κ1) is 17.7. The van der Waals surface area contributed by atoms with Crippen LogP contribution in [0.3, 0.4) is 0 Å². The Morgan fingerprint density at radius 1 is 1.00 bits per heavy atom. The molecule has 6 nitrogen and oxygen atoms in total. The van der Waals surface area contributed by atoms with Gasteiger partial charge in [0.25, 0.3) is 5.56 Å². The van der Waals surface area contributed by atoms with Crippen LogP contribution in [0.1, 0.15) is 0 Å². The summed E-state index contributed by atoms with van der Waals surface area (Å²) in [6.45, 7) is 0. The van der Waals surface area contributed by atoms with Gasteiger partial charge in [-0.1, -0.05) is 0 Å². The quantitative estimate of drug-likeness (QED) is 0.550. The van der Waals surface area contributed by atoms with Crippen molar-refractivity contribution in [3.05, 3.63) is 70.8 Å². The fraction of sp³-hybridized carbons (Fsp3) is 0.100. The second-order valence-electron chi connectivity index (χ2n) is 6.46. The summed E-state index contributed by atoms with van der Waals surface area (Å²) in [5.41, 5.74) is 7.82. The second kappa shape index (κ2) is 6.49. The monoisotopic (exact) mass is 382 g/mol. The van der Waals surface area contributed by atoms with E-state index in [2.05, 4.69) is 5.10 Å². The molecule has 0 fully saturated rings. The number of nitrogens with zero attached hydrogens (tertiary/aromatic N) is 3. The van der Waals surface area contributed by atoms with E-state index in [1.165, 1.54) is 10.6 Å². The first-order valence-electron chi connectivity index (χ1n) is 8.39. The maximum Gasteiger partial charge on any atom is 0.261 e. The zero-order chi connectivity index (χ0) is 20.0. The molecule has 4 rings (SSSR count). The maximum atomic E-state index is 14.1. The number of anilines is 1. The van der Waals surface area contributed by atoms with Gasteiger partial charge in [-0.3, -0.25) is 9.48 Å². The number of nitrogen functional groups attached to an aromatic ring is 1. The Morgan fingerprint density at radius 3 is 2.50 bits per heavy atom. The molecule has 0 unspecified atom stereocenters. The average Bonchev–Trinajstić information content (AvgIpc) is 3.04. The second-order valence-corrected chi connectivity index (χ2v) is 6.46. The van der Waals surface area contributed by atoms with Gasteiger partial charge in [0.2, 0.25) is 0 Å². The highest BCUT2D eigenvalue weighted by molar-refractivity contribution is 5.94. The number of hydrogen-bond donors (Lipinski definition) is 1. The Hall–Kier alpha value is -3.68. The van der Waals surface area contributed by atoms with Crippen molar-refractivity contribution in [2.75, 3.05) is 5.73 Å². The van der Waals surface area contributed by atoms with Crippen LogP contribution < -0.4 is 16.0 Å². The van der Waals surface area contributed by atoms with Crippen LogP contribution in [0.5, 0.6) is 11.5 Å². The van der Waals surface area contributed by atoms with Crippen molar-refractivity contribution >= 4 is 16.6 Å². The largest absolute Gasteiger partial charge is 0.454 e. The standard InChI is InChI=1S/C20H16F2N4O2/c1-25-9-14(19-15(20(25)27)10-26(2)24-19)13-8-12(23)4-6-17(13)28-18-5-3-11(21)7-16(18)22/h3-10H,23H2,1-2H3. The molecular formula is C20H16F2N4O2. The molecule has 0 aliphatic rings. The third kappa shape index (κ3) is 2.98. The van der Waals surface area contributed by atoms with E-state index in [1.54, 1.807) is 49.4 Å². The summed E-state index contributed by atoms with van der Waals surface area (Å²) in [6, 6.07) is 7.92. The first-order valence-corrected chi connectivity index (χ1v) is 8.39. The SMILES string of the molecule is Cn1cc2c(=O)n(C)cc(-c3cc(N)ccc3Oc3ccc(F)cc3F)c2n1. The van der Waals surface area contributed by atoms with Crippen LogP contribution in [-0.4, -0.2) is 14.3 Å². The summed E-state index contributed by atoms with van der Waals surface area (Å²) in [7, 11) is 3.35. The van der Waals surface area contributed by atoms with Gasteiger partial charge >= 0.3 is 0 Å². The van der Waals surface area contributed by atoms with E-state index in [4.69, 9.17) is 10.5 Å². The highest BCUT2D eigenvalue weighted by atomic mass is 19.1. The normalized spacial score (nSPS) is 11.1. The van der Waals surface area contributed by atoms with Gasteiger partial charge in [-0.25, -0.2) is 8.78 Å². The fourth-order valence-electron chi connectivity index (χ4n) is 3.07. The number of aryl methyl sites for hydroxylation is 2. The molecule has 0 aliphatic carbocycles. The summed E-state index contributed by atoms with van der Waals surface area (Å²) in [4.78, 5) is 12.4. The lowest BCUT2D eigenvalue weighted by atomic mass is 10.0. The van der Waals surface area contributed by atoms with Crippen molar-refractivity contribution in [2.45, 2.75) is 0 Å². The van der Waals surface area contributed by atoms with E-state index in [0.29, 0.717) is 33.5 Å². The van der Waals surface area contributed by atoms with Crippen LogP contribution in [0.4, 0.5) is 14.5 Å². The third-order valence-electron chi connectivity index (χ3n) is 4.37. The summed E-state index contributed by atoms with van der Waals surface area (Å²) >= 11 is 0. The van der Waals surface area contributed by atoms with Gasteiger partial charge in [-0.2, -0.15) is 5.10 Å². The Bertz CT molecular complexity index is 1280. The van der Waals surface area contributed by atoms with Crippen molar-refractivity contribution in [3.63, 3.8) is 0 Å². The van der Waals surface area contributed by atoms with Crippen LogP contribution in [-0.2, 0) is 14.1 Å². The third-order valence-corrected chi connectivity index (χ3v) is 4.37. The van der Waals surface area contributed by atoms with Crippen molar-refractivity contribution in [3.8, 4) is 22.6 Å². The van der Waals surface area contributed by atoms with Gasteiger partial charge in [0.1, 0.15) is 17.1 Å². The predicted molar refractivity (Wildman–Crippen MR) is 102 cm³/mol. The first-order chi connectivity index (χ1) is 13.3. The van der Waals surface area contributed by atoms with Gasteiger partial charge in [-0.15, -0.1) is 0 Å². The molecule has 0 spiro atoms. The van der Waals surface area contributed by atoms with E-state index in [9.17, 15) is 13.6 Å². The zero-order valence-electron chi connectivity index (χ0n) is 15.1. The Kier molecular flexibility index (Phi) is 4.11. The Labute approximate surface area is 158 Å². The van der Waals surface area contributed by atoms with Gasteiger partial charge in [-0.05, 0) is 30.3 Å². The molecule has 0 saturated heterocycles. The molecule has 2 N–H and O–H groups in total. The lowest BCUT2D eigenvalue weighted by Crippen LogP contribution is -2.16. The number of halogens is 2. The van der Waals surface area contributed by atoms with Crippen LogP contribution in [0, 0.1) is 11.6 Å². The van der Waals surface area contributed by atoms with Crippen LogP contribution >= 0.6 is 0 Å². The minimum Gasteiger partial charge on any atom is -0.454 e. The molecule has 2 aromatic carbocycles. The highest BCUT2D eigenvalue weighted by Crippen LogP contribution is 2.38. The molecule has 2 aromatic heterocycles. The number of pyridine rings is 1. The van der Waals surface area contributed by atoms with E-state index < -0.39 is 11.6 Å². The van der Waals surface area contributed by atoms with Crippen LogP contribution in [0.25, 0.3) is 22.0 Å². The number of ether oxygens (including phenoxy) is 1. The molecule has 4 aromatic rings. The minimum absolute atomic E-state index is 0.130. The van der Waals surface area contributed by atoms with Crippen molar-refractivity contribution in [2.24, 2.45) is 14.1 Å². The summed E-state index contributed by atoms with van der Waals surface area (Å²) < 4.78 is 35.9. The number of nitrogens with two attached hydrogens (primary N) is 1. The summed E-state index contributed by atoms with van der Waals surface area (Å²) in [5.74, 6) is -1.36. The number of rotatable bonds is 3. The van der Waals surface area contributed by atoms with E-state index in [-0.39, 0.29) is 11.3 Å². The number of aromatic nitrogens is 3. The summed E-state index contributed by atoms with van der Waals surface area (Å²) in [5, 5.41) is 4.82. The van der Waals surface area contributed by atoms with Crippen LogP contribution in [0.15, 0.2) is 53.6 Å². The smallest absolute Gasteiger partial charge is 0.261 e. The number of fused-ring (bicyclic) bond motifs is 1. The molecule has 0 aliphatic heterocycles. The maximum absolute atomic E-state index is 14.1. The van der Waals surface area contributed by atoms with E-state index >= 15 is 0 Å². The van der Waals surface area contributed by atoms with E-state index in [0.717, 1.165) is 12.1 Å². The van der Waals surface area contributed by atoms with Crippen LogP contribution in [0.2, 0.25) is 0 Å². The average molecular weight is 382 g/mol. The topological polar surface area (TPSA) is 75.1 Å². The molecule has 8 heteroatoms. The van der Waals surface area contributed by atoms with Crippen molar-refractivity contribution in [1.29, 1.82) is 0 Å². The van der Waals surface area contributed by atoms with Gasteiger partial charge in [0.15, 0.2) is 11.6 Å². The molecule has 2 heterocycles.